The van der Waals surface area contributed by atoms with Crippen LogP contribution in [0.3, 0.4) is 0 Å². The Hall–Kier alpha value is -0.890. The zero-order valence-corrected chi connectivity index (χ0v) is 11.7. The van der Waals surface area contributed by atoms with Gasteiger partial charge in [-0.05, 0) is 35.7 Å². The second-order valence-corrected chi connectivity index (χ2v) is 5.50. The fourth-order valence-corrected chi connectivity index (χ4v) is 3.40. The van der Waals surface area contributed by atoms with Gasteiger partial charge >= 0.3 is 0 Å². The predicted octanol–water partition coefficient (Wildman–Crippen LogP) is 5.28. The Kier molecular flexibility index (Phi) is 3.14. The number of rotatable bonds is 1. The summed E-state index contributed by atoms with van der Waals surface area (Å²) in [6.45, 7) is 0.954. The van der Waals surface area contributed by atoms with Gasteiger partial charge in [0.05, 0.1) is 10.0 Å². The summed E-state index contributed by atoms with van der Waals surface area (Å²) in [6.07, 6.45) is 0.987. The Morgan fingerprint density at radius 3 is 2.44 bits per heavy atom. The molecule has 0 saturated carbocycles. The molecular weight excluding hydrogens is 289 g/mol. The van der Waals surface area contributed by atoms with Crippen molar-refractivity contribution in [3.05, 3.63) is 51.0 Å². The monoisotopic (exact) mass is 297 g/mol. The molecule has 92 valence electrons. The van der Waals surface area contributed by atoms with E-state index in [0.29, 0.717) is 15.1 Å². The smallest absolute Gasteiger partial charge is 0.0514 e. The summed E-state index contributed by atoms with van der Waals surface area (Å²) in [6, 6.07) is 9.59. The van der Waals surface area contributed by atoms with E-state index in [1.54, 1.807) is 12.1 Å². The highest BCUT2D eigenvalue weighted by atomic mass is 35.5. The van der Waals surface area contributed by atoms with Crippen LogP contribution in [0.1, 0.15) is 5.56 Å². The zero-order valence-electron chi connectivity index (χ0n) is 9.43. The number of hydrogen-bond donors (Lipinski definition) is 1. The van der Waals surface area contributed by atoms with Crippen LogP contribution in [-0.4, -0.2) is 6.54 Å². The van der Waals surface area contributed by atoms with E-state index in [1.807, 2.05) is 12.1 Å². The minimum absolute atomic E-state index is 0.555. The average Bonchev–Trinajstić information content (AvgIpc) is 2.76. The van der Waals surface area contributed by atoms with Gasteiger partial charge in [-0.2, -0.15) is 0 Å². The molecule has 2 aromatic carbocycles. The van der Waals surface area contributed by atoms with Gasteiger partial charge in [0.2, 0.25) is 0 Å². The van der Waals surface area contributed by atoms with Crippen molar-refractivity contribution in [2.24, 2.45) is 0 Å². The molecule has 1 aliphatic heterocycles. The normalized spacial score (nSPS) is 13.3. The molecule has 1 aliphatic rings. The van der Waals surface area contributed by atoms with Crippen LogP contribution in [0, 0.1) is 0 Å². The van der Waals surface area contributed by atoms with Gasteiger partial charge in [0.1, 0.15) is 0 Å². The lowest BCUT2D eigenvalue weighted by Crippen LogP contribution is -1.90. The quantitative estimate of drug-likeness (QED) is 0.755. The van der Waals surface area contributed by atoms with Crippen molar-refractivity contribution < 1.29 is 0 Å². The van der Waals surface area contributed by atoms with E-state index in [-0.39, 0.29) is 0 Å². The van der Waals surface area contributed by atoms with Crippen LogP contribution in [0.25, 0.3) is 11.1 Å². The molecule has 4 heteroatoms. The Morgan fingerprint density at radius 1 is 1.00 bits per heavy atom. The SMILES string of the molecule is Clc1cc(Cl)c(-c2cccc3c2CCN3)c(Cl)c1. The van der Waals surface area contributed by atoms with Gasteiger partial charge in [-0.15, -0.1) is 0 Å². The summed E-state index contributed by atoms with van der Waals surface area (Å²) in [5, 5.41) is 5.08. The first kappa shape index (κ1) is 12.2. The Morgan fingerprint density at radius 2 is 1.72 bits per heavy atom. The first-order valence-electron chi connectivity index (χ1n) is 5.67. The topological polar surface area (TPSA) is 12.0 Å². The molecule has 0 bridgehead atoms. The average molecular weight is 299 g/mol. The summed E-state index contributed by atoms with van der Waals surface area (Å²) in [7, 11) is 0. The van der Waals surface area contributed by atoms with E-state index >= 15 is 0 Å². The molecule has 0 spiro atoms. The lowest BCUT2D eigenvalue weighted by atomic mass is 9.98. The van der Waals surface area contributed by atoms with E-state index in [2.05, 4.69) is 11.4 Å². The van der Waals surface area contributed by atoms with Crippen LogP contribution < -0.4 is 5.32 Å². The Labute approximate surface area is 121 Å². The van der Waals surface area contributed by atoms with Crippen LogP contribution in [0.2, 0.25) is 15.1 Å². The fourth-order valence-electron chi connectivity index (χ4n) is 2.38. The first-order valence-corrected chi connectivity index (χ1v) is 6.81. The maximum atomic E-state index is 6.28. The van der Waals surface area contributed by atoms with Crippen molar-refractivity contribution in [1.29, 1.82) is 0 Å². The van der Waals surface area contributed by atoms with Crippen LogP contribution in [0.4, 0.5) is 5.69 Å². The van der Waals surface area contributed by atoms with Gasteiger partial charge in [-0.1, -0.05) is 46.9 Å². The molecule has 2 aromatic rings. The molecule has 0 saturated heterocycles. The van der Waals surface area contributed by atoms with Crippen molar-refractivity contribution in [2.75, 3.05) is 11.9 Å². The molecule has 0 radical (unpaired) electrons. The molecule has 18 heavy (non-hydrogen) atoms. The minimum Gasteiger partial charge on any atom is -0.384 e. The highest BCUT2D eigenvalue weighted by Gasteiger charge is 2.18. The summed E-state index contributed by atoms with van der Waals surface area (Å²) in [5.74, 6) is 0. The maximum Gasteiger partial charge on any atom is 0.0514 e. The molecule has 0 aromatic heterocycles. The summed E-state index contributed by atoms with van der Waals surface area (Å²) in [5.41, 5.74) is 4.38. The molecule has 0 aliphatic carbocycles. The van der Waals surface area contributed by atoms with E-state index in [9.17, 15) is 0 Å². The number of hydrogen-bond acceptors (Lipinski definition) is 1. The summed E-state index contributed by atoms with van der Waals surface area (Å²) in [4.78, 5) is 0. The standard InChI is InChI=1S/C14H10Cl3N/c15-8-6-11(16)14(12(17)7-8)10-2-1-3-13-9(10)4-5-18-13/h1-3,6-7,18H,4-5H2. The molecule has 1 heterocycles. The van der Waals surface area contributed by atoms with Crippen molar-refractivity contribution in [3.8, 4) is 11.1 Å². The largest absolute Gasteiger partial charge is 0.384 e. The fraction of sp³-hybridized carbons (Fsp3) is 0.143. The highest BCUT2D eigenvalue weighted by Crippen LogP contribution is 2.41. The first-order chi connectivity index (χ1) is 8.66. The van der Waals surface area contributed by atoms with Gasteiger partial charge in [0.25, 0.3) is 0 Å². The maximum absolute atomic E-state index is 6.28. The van der Waals surface area contributed by atoms with Gasteiger partial charge in [0.15, 0.2) is 0 Å². The van der Waals surface area contributed by atoms with Crippen LogP contribution in [-0.2, 0) is 6.42 Å². The van der Waals surface area contributed by atoms with Crippen LogP contribution in [0.5, 0.6) is 0 Å². The van der Waals surface area contributed by atoms with Gasteiger partial charge in [-0.3, -0.25) is 0 Å². The molecule has 1 N–H and O–H groups in total. The molecular formula is C14H10Cl3N. The van der Waals surface area contributed by atoms with E-state index in [4.69, 9.17) is 34.8 Å². The highest BCUT2D eigenvalue weighted by molar-refractivity contribution is 6.41. The van der Waals surface area contributed by atoms with Crippen LogP contribution >= 0.6 is 34.8 Å². The zero-order chi connectivity index (χ0) is 12.7. The molecule has 0 atom stereocenters. The Balaban J connectivity index is 2.25. The molecule has 0 fully saturated rings. The second-order valence-electron chi connectivity index (χ2n) is 4.25. The number of benzene rings is 2. The lowest BCUT2D eigenvalue weighted by Gasteiger charge is -2.12. The van der Waals surface area contributed by atoms with E-state index < -0.39 is 0 Å². The number of anilines is 1. The summed E-state index contributed by atoms with van der Waals surface area (Å²) < 4.78 is 0. The molecule has 0 amide bonds. The van der Waals surface area contributed by atoms with Crippen molar-refractivity contribution in [1.82, 2.24) is 0 Å². The van der Waals surface area contributed by atoms with Crippen molar-refractivity contribution in [3.63, 3.8) is 0 Å². The minimum atomic E-state index is 0.555. The van der Waals surface area contributed by atoms with E-state index in [0.717, 1.165) is 29.8 Å². The van der Waals surface area contributed by atoms with Crippen molar-refractivity contribution in [2.45, 2.75) is 6.42 Å². The number of fused-ring (bicyclic) bond motifs is 1. The second kappa shape index (κ2) is 4.65. The number of nitrogens with one attached hydrogen (secondary N) is 1. The van der Waals surface area contributed by atoms with E-state index in [1.165, 1.54) is 5.56 Å². The molecule has 1 nitrogen and oxygen atoms in total. The molecule has 0 unspecified atom stereocenters. The number of halogens is 3. The van der Waals surface area contributed by atoms with Crippen molar-refractivity contribution >= 4 is 40.5 Å². The molecule has 3 rings (SSSR count). The Bertz CT molecular complexity index is 599. The summed E-state index contributed by atoms with van der Waals surface area (Å²) >= 11 is 18.5. The van der Waals surface area contributed by atoms with Gasteiger partial charge < -0.3 is 5.32 Å². The third-order valence-corrected chi connectivity index (χ3v) is 3.96. The van der Waals surface area contributed by atoms with Crippen LogP contribution in [0.15, 0.2) is 30.3 Å². The third kappa shape index (κ3) is 1.97. The van der Waals surface area contributed by atoms with Gasteiger partial charge in [0, 0.05) is 22.8 Å². The third-order valence-electron chi connectivity index (χ3n) is 3.14. The van der Waals surface area contributed by atoms with Gasteiger partial charge in [-0.25, -0.2) is 0 Å². The predicted molar refractivity (Wildman–Crippen MR) is 79.1 cm³/mol. The lowest BCUT2D eigenvalue weighted by molar-refractivity contribution is 1.11.